The first-order chi connectivity index (χ1) is 14.5. The van der Waals surface area contributed by atoms with Gasteiger partial charge in [0, 0.05) is 31.0 Å². The van der Waals surface area contributed by atoms with Crippen LogP contribution in [-0.2, 0) is 9.53 Å². The highest BCUT2D eigenvalue weighted by Crippen LogP contribution is 2.43. The van der Waals surface area contributed by atoms with Gasteiger partial charge in [-0.1, -0.05) is 6.42 Å². The molecule has 3 aliphatic heterocycles. The van der Waals surface area contributed by atoms with E-state index in [1.165, 1.54) is 32.4 Å². The average molecular weight is 446 g/mol. The number of fused-ring (bicyclic) bond motifs is 1. The van der Waals surface area contributed by atoms with Crippen molar-refractivity contribution in [1.29, 1.82) is 0 Å². The summed E-state index contributed by atoms with van der Waals surface area (Å²) in [6.07, 6.45) is -1.12. The zero-order valence-corrected chi connectivity index (χ0v) is 17.8. The lowest BCUT2D eigenvalue weighted by Gasteiger charge is -2.36. The van der Waals surface area contributed by atoms with E-state index in [4.69, 9.17) is 19.1 Å². The summed E-state index contributed by atoms with van der Waals surface area (Å²) in [7, 11) is 0. The van der Waals surface area contributed by atoms with Crippen LogP contribution in [0.5, 0.6) is 0 Å². The van der Waals surface area contributed by atoms with Crippen LogP contribution in [-0.4, -0.2) is 78.9 Å². The monoisotopic (exact) mass is 446 g/mol. The number of rotatable bonds is 3. The molecule has 0 saturated carbocycles. The maximum absolute atomic E-state index is 13.0. The van der Waals surface area contributed by atoms with Gasteiger partial charge in [-0.05, 0) is 45.8 Å². The summed E-state index contributed by atoms with van der Waals surface area (Å²) in [6, 6.07) is 1.87. The number of hydrogen-bond donors (Lipinski definition) is 1. The summed E-state index contributed by atoms with van der Waals surface area (Å²) in [5.74, 6) is -0.626. The van der Waals surface area contributed by atoms with E-state index in [9.17, 15) is 18.0 Å². The van der Waals surface area contributed by atoms with E-state index >= 15 is 0 Å². The summed E-state index contributed by atoms with van der Waals surface area (Å²) in [4.78, 5) is 26.5. The van der Waals surface area contributed by atoms with Crippen LogP contribution in [0.4, 0.5) is 13.2 Å². The second-order valence-electron chi connectivity index (χ2n) is 8.73. The fourth-order valence-corrected chi connectivity index (χ4v) is 4.79. The fraction of sp³-hybridized carbons (Fsp3) is 0.714. The van der Waals surface area contributed by atoms with Crippen LogP contribution in [0.15, 0.2) is 10.5 Å². The molecule has 4 heterocycles. The van der Waals surface area contributed by atoms with Crippen molar-refractivity contribution in [2.75, 3.05) is 45.9 Å². The molecule has 3 saturated heterocycles. The first-order valence-electron chi connectivity index (χ1n) is 10.5. The van der Waals surface area contributed by atoms with Crippen molar-refractivity contribution in [3.05, 3.63) is 23.2 Å². The lowest BCUT2D eigenvalue weighted by atomic mass is 9.80. The van der Waals surface area contributed by atoms with E-state index in [0.29, 0.717) is 5.92 Å². The molecule has 4 rings (SSSR count). The van der Waals surface area contributed by atoms with Gasteiger partial charge in [0.2, 0.25) is 0 Å². The standard InChI is InChI=1S/C19H28N2O3.C2HF3O2/c1-14-8-17(15(2)24-14)18(22)21-9-16-10-23-13-19(16,12-21)11-20-6-4-3-5-7-20;3-2(4,5)1(6)7/h8,16H,3-7,9-13H2,1-2H3;(H,6,7)/t16-,19+;/m1./s1. The van der Waals surface area contributed by atoms with Crippen molar-refractivity contribution in [2.24, 2.45) is 11.3 Å². The van der Waals surface area contributed by atoms with Crippen LogP contribution < -0.4 is 0 Å². The number of nitrogens with zero attached hydrogens (tertiary/aromatic N) is 2. The first kappa shape index (κ1) is 23.6. The Balaban J connectivity index is 0.000000339. The third-order valence-corrected chi connectivity index (χ3v) is 6.31. The number of carboxylic acid groups (broad SMARTS) is 1. The topological polar surface area (TPSA) is 83.2 Å². The largest absolute Gasteiger partial charge is 0.490 e. The Morgan fingerprint density at radius 3 is 2.42 bits per heavy atom. The number of aryl methyl sites for hydroxylation is 2. The molecule has 3 fully saturated rings. The Hall–Kier alpha value is -2.07. The third kappa shape index (κ3) is 5.41. The molecule has 10 heteroatoms. The molecular formula is C21H29F3N2O5. The minimum absolute atomic E-state index is 0.122. The molecule has 2 atom stereocenters. The van der Waals surface area contributed by atoms with Crippen molar-refractivity contribution in [1.82, 2.24) is 9.80 Å². The Labute approximate surface area is 179 Å². The average Bonchev–Trinajstić information content (AvgIpc) is 3.33. The molecule has 0 bridgehead atoms. The molecule has 0 aliphatic carbocycles. The van der Waals surface area contributed by atoms with Gasteiger partial charge in [0.15, 0.2) is 0 Å². The number of amides is 1. The van der Waals surface area contributed by atoms with Crippen molar-refractivity contribution in [3.63, 3.8) is 0 Å². The Morgan fingerprint density at radius 2 is 1.87 bits per heavy atom. The van der Waals surface area contributed by atoms with Crippen molar-refractivity contribution >= 4 is 11.9 Å². The summed E-state index contributed by atoms with van der Waals surface area (Å²) >= 11 is 0. The zero-order chi connectivity index (χ0) is 22.8. The highest BCUT2D eigenvalue weighted by atomic mass is 19.4. The number of halogens is 3. The van der Waals surface area contributed by atoms with Crippen molar-refractivity contribution < 1.29 is 37.0 Å². The maximum Gasteiger partial charge on any atom is 0.490 e. The first-order valence-corrected chi connectivity index (χ1v) is 10.5. The van der Waals surface area contributed by atoms with E-state index < -0.39 is 12.1 Å². The van der Waals surface area contributed by atoms with Crippen LogP contribution in [0, 0.1) is 25.2 Å². The zero-order valence-electron chi connectivity index (χ0n) is 17.8. The number of hydrogen-bond acceptors (Lipinski definition) is 5. The molecule has 31 heavy (non-hydrogen) atoms. The predicted molar refractivity (Wildman–Crippen MR) is 105 cm³/mol. The lowest BCUT2D eigenvalue weighted by Crippen LogP contribution is -2.45. The normalized spacial score (nSPS) is 26.4. The van der Waals surface area contributed by atoms with E-state index in [0.717, 1.165) is 49.9 Å². The molecule has 1 aromatic heterocycles. The molecule has 0 unspecified atom stereocenters. The number of aliphatic carboxylic acids is 1. The molecule has 0 aromatic carbocycles. The predicted octanol–water partition coefficient (Wildman–Crippen LogP) is 3.10. The van der Waals surface area contributed by atoms with Gasteiger partial charge in [-0.3, -0.25) is 4.79 Å². The SMILES string of the molecule is Cc1cc(C(=O)N2C[C@@H]3COC[C@]3(CN3CCCCC3)C2)c(C)o1.O=C(O)C(F)(F)F. The smallest absolute Gasteiger partial charge is 0.475 e. The van der Waals surface area contributed by atoms with Gasteiger partial charge in [0.1, 0.15) is 11.5 Å². The molecule has 1 aromatic rings. The van der Waals surface area contributed by atoms with Gasteiger partial charge < -0.3 is 24.1 Å². The number of ether oxygens (including phenoxy) is 1. The van der Waals surface area contributed by atoms with Crippen LogP contribution in [0.25, 0.3) is 0 Å². The van der Waals surface area contributed by atoms with Gasteiger partial charge >= 0.3 is 12.1 Å². The van der Waals surface area contributed by atoms with E-state index in [1.807, 2.05) is 24.8 Å². The van der Waals surface area contributed by atoms with E-state index in [-0.39, 0.29) is 11.3 Å². The van der Waals surface area contributed by atoms with Gasteiger partial charge in [-0.25, -0.2) is 4.79 Å². The van der Waals surface area contributed by atoms with Gasteiger partial charge in [0.25, 0.3) is 5.91 Å². The molecule has 0 spiro atoms. The maximum atomic E-state index is 13.0. The number of alkyl halides is 3. The third-order valence-electron chi connectivity index (χ3n) is 6.31. The van der Waals surface area contributed by atoms with Crippen LogP contribution in [0.2, 0.25) is 0 Å². The highest BCUT2D eigenvalue weighted by Gasteiger charge is 2.52. The summed E-state index contributed by atoms with van der Waals surface area (Å²) in [6.45, 7) is 10.5. The number of carbonyl (C=O) groups excluding carboxylic acids is 1. The second-order valence-corrected chi connectivity index (χ2v) is 8.73. The Kier molecular flexibility index (Phi) is 7.00. The van der Waals surface area contributed by atoms with Crippen LogP contribution in [0.3, 0.4) is 0 Å². The van der Waals surface area contributed by atoms with Crippen molar-refractivity contribution in [3.8, 4) is 0 Å². The molecule has 174 valence electrons. The van der Waals surface area contributed by atoms with Gasteiger partial charge in [-0.15, -0.1) is 0 Å². The second kappa shape index (κ2) is 9.20. The highest BCUT2D eigenvalue weighted by molar-refractivity contribution is 5.95. The number of carbonyl (C=O) groups is 2. The van der Waals surface area contributed by atoms with Gasteiger partial charge in [-0.2, -0.15) is 13.2 Å². The van der Waals surface area contributed by atoms with Crippen LogP contribution >= 0.6 is 0 Å². The quantitative estimate of drug-likeness (QED) is 0.768. The summed E-state index contributed by atoms with van der Waals surface area (Å²) < 4.78 is 43.1. The number of piperidine rings is 1. The van der Waals surface area contributed by atoms with Crippen LogP contribution in [0.1, 0.15) is 41.1 Å². The molecule has 3 aliphatic rings. The summed E-state index contributed by atoms with van der Waals surface area (Å²) in [5, 5.41) is 7.12. The molecule has 7 nitrogen and oxygen atoms in total. The van der Waals surface area contributed by atoms with Gasteiger partial charge in [0.05, 0.1) is 18.8 Å². The van der Waals surface area contributed by atoms with E-state index in [2.05, 4.69) is 4.90 Å². The Morgan fingerprint density at radius 1 is 1.23 bits per heavy atom. The number of carboxylic acids is 1. The van der Waals surface area contributed by atoms with Crippen molar-refractivity contribution in [2.45, 2.75) is 39.3 Å². The molecule has 1 N–H and O–H groups in total. The minimum atomic E-state index is -5.08. The minimum Gasteiger partial charge on any atom is -0.475 e. The number of likely N-dealkylation sites (tertiary alicyclic amines) is 2. The molecule has 1 amide bonds. The number of furan rings is 1. The molecular weight excluding hydrogens is 417 g/mol. The summed E-state index contributed by atoms with van der Waals surface area (Å²) in [5.41, 5.74) is 0.848. The Bertz CT molecular complexity index is 803. The van der Waals surface area contributed by atoms with E-state index in [1.54, 1.807) is 0 Å². The fourth-order valence-electron chi connectivity index (χ4n) is 4.79. The lowest BCUT2D eigenvalue weighted by molar-refractivity contribution is -0.192. The molecule has 0 radical (unpaired) electrons.